The lowest BCUT2D eigenvalue weighted by atomic mass is 9.74. The number of rotatable bonds is 2. The molecular weight excluding hydrogens is 455 g/mol. The lowest BCUT2D eigenvalue weighted by Gasteiger charge is -2.34. The largest absolute Gasteiger partial charge is 0.383 e. The minimum absolute atomic E-state index is 0.433. The molecule has 2 nitrogen and oxygen atoms in total. The average Bonchev–Trinajstić information content (AvgIpc) is 2.75. The van der Waals surface area contributed by atoms with Gasteiger partial charge in [-0.25, -0.2) is 0 Å². The molecule has 0 spiro atoms. The Morgan fingerprint density at radius 1 is 0.893 bits per heavy atom. The van der Waals surface area contributed by atoms with Gasteiger partial charge in [-0.15, -0.1) is 0 Å². The molecule has 0 fully saturated rings. The second kappa shape index (κ2) is 6.79. The average molecular weight is 474 g/mol. The van der Waals surface area contributed by atoms with Gasteiger partial charge in [-0.1, -0.05) is 72.8 Å². The number of nitriles is 1. The van der Waals surface area contributed by atoms with Crippen molar-refractivity contribution in [2.45, 2.75) is 12.8 Å². The fraction of sp³-hybridized carbons (Fsp3) is 0.160. The van der Waals surface area contributed by atoms with Gasteiger partial charge in [0.2, 0.25) is 0 Å². The van der Waals surface area contributed by atoms with Crippen LogP contribution in [-0.4, -0.2) is 6.54 Å². The van der Waals surface area contributed by atoms with Crippen molar-refractivity contribution < 1.29 is 0 Å². The highest BCUT2D eigenvalue weighted by Crippen LogP contribution is 2.40. The first-order valence-corrected chi connectivity index (χ1v) is 10.6. The minimum Gasteiger partial charge on any atom is -0.383 e. The first kappa shape index (κ1) is 17.5. The second-order valence-corrected chi connectivity index (χ2v) is 8.76. The van der Waals surface area contributed by atoms with Crippen LogP contribution in [0.2, 0.25) is 0 Å². The second-order valence-electron chi connectivity index (χ2n) is 7.68. The van der Waals surface area contributed by atoms with Gasteiger partial charge >= 0.3 is 0 Å². The van der Waals surface area contributed by atoms with Gasteiger partial charge in [-0.2, -0.15) is 5.26 Å². The summed E-state index contributed by atoms with van der Waals surface area (Å²) in [7, 11) is 0. The fourth-order valence-corrected chi connectivity index (χ4v) is 5.24. The third kappa shape index (κ3) is 2.84. The van der Waals surface area contributed by atoms with Gasteiger partial charge < -0.3 is 5.32 Å². The predicted molar refractivity (Wildman–Crippen MR) is 125 cm³/mol. The molecule has 0 aliphatic carbocycles. The SMILES string of the molecule is N#C[C@]1(Cc2ccc3ccccc3c2I)CNc2c(ccc3ccccc23)C1. The Hall–Kier alpha value is -2.58. The number of benzene rings is 4. The van der Waals surface area contributed by atoms with E-state index in [4.69, 9.17) is 0 Å². The van der Waals surface area contributed by atoms with Gasteiger partial charge in [0.15, 0.2) is 0 Å². The highest BCUT2D eigenvalue weighted by atomic mass is 127. The Balaban J connectivity index is 1.54. The number of nitrogens with zero attached hydrogens (tertiary/aromatic N) is 1. The van der Waals surface area contributed by atoms with E-state index in [1.54, 1.807) is 0 Å². The summed E-state index contributed by atoms with van der Waals surface area (Å²) >= 11 is 2.44. The van der Waals surface area contributed by atoms with Gasteiger partial charge in [-0.3, -0.25) is 0 Å². The smallest absolute Gasteiger partial charge is 0.0827 e. The molecule has 0 aromatic heterocycles. The van der Waals surface area contributed by atoms with E-state index in [0.717, 1.165) is 12.8 Å². The highest BCUT2D eigenvalue weighted by molar-refractivity contribution is 14.1. The third-order valence-electron chi connectivity index (χ3n) is 5.86. The van der Waals surface area contributed by atoms with Gasteiger partial charge in [0, 0.05) is 21.2 Å². The lowest BCUT2D eigenvalue weighted by molar-refractivity contribution is 0.404. The van der Waals surface area contributed by atoms with Crippen LogP contribution >= 0.6 is 22.6 Å². The summed E-state index contributed by atoms with van der Waals surface area (Å²) in [6.07, 6.45) is 1.53. The Bertz CT molecular complexity index is 1250. The van der Waals surface area contributed by atoms with Crippen molar-refractivity contribution >= 4 is 49.8 Å². The summed E-state index contributed by atoms with van der Waals surface area (Å²) in [6, 6.07) is 28.3. The molecule has 0 amide bonds. The first-order valence-electron chi connectivity index (χ1n) is 9.51. The van der Waals surface area contributed by atoms with Crippen molar-refractivity contribution in [1.29, 1.82) is 5.26 Å². The van der Waals surface area contributed by atoms with Gasteiger partial charge in [0.05, 0.1) is 11.5 Å². The number of nitrogens with one attached hydrogen (secondary N) is 1. The first-order chi connectivity index (χ1) is 13.7. The van der Waals surface area contributed by atoms with Crippen molar-refractivity contribution in [1.82, 2.24) is 0 Å². The van der Waals surface area contributed by atoms with E-state index < -0.39 is 5.41 Å². The van der Waals surface area contributed by atoms with Gasteiger partial charge in [0.1, 0.15) is 0 Å². The van der Waals surface area contributed by atoms with Gasteiger partial charge in [-0.05, 0) is 62.7 Å². The van der Waals surface area contributed by atoms with Crippen LogP contribution in [-0.2, 0) is 12.8 Å². The summed E-state index contributed by atoms with van der Waals surface area (Å²) in [5, 5.41) is 18.8. The molecular formula is C25H19IN2. The zero-order valence-corrected chi connectivity index (χ0v) is 17.5. The van der Waals surface area contributed by atoms with E-state index in [1.807, 2.05) is 0 Å². The van der Waals surface area contributed by atoms with E-state index in [1.165, 1.54) is 41.9 Å². The molecule has 0 bridgehead atoms. The van der Waals surface area contributed by atoms with Crippen molar-refractivity contribution in [2.75, 3.05) is 11.9 Å². The van der Waals surface area contributed by atoms with Crippen LogP contribution in [0.3, 0.4) is 0 Å². The molecule has 0 unspecified atom stereocenters. The van der Waals surface area contributed by atoms with E-state index in [2.05, 4.69) is 107 Å². The number of hydrogen-bond donors (Lipinski definition) is 1. The van der Waals surface area contributed by atoms with E-state index >= 15 is 0 Å². The Kier molecular flexibility index (Phi) is 4.25. The standard InChI is InChI=1S/C25H19IN2/c26-23-19(11-9-17-5-1-3-7-21(17)23)13-25(15-27)14-20-12-10-18-6-2-4-8-22(18)24(20)28-16-25/h1-12,28H,13-14,16H2/t25-/m1/s1. The molecule has 0 radical (unpaired) electrons. The fourth-order valence-electron chi connectivity index (χ4n) is 4.38. The van der Waals surface area contributed by atoms with E-state index in [0.29, 0.717) is 6.54 Å². The van der Waals surface area contributed by atoms with Crippen molar-refractivity contribution in [3.05, 3.63) is 87.5 Å². The molecule has 1 aliphatic heterocycles. The minimum atomic E-state index is -0.433. The quantitative estimate of drug-likeness (QED) is 0.345. The Morgan fingerprint density at radius 3 is 2.36 bits per heavy atom. The van der Waals surface area contributed by atoms with Gasteiger partial charge in [0.25, 0.3) is 0 Å². The number of fused-ring (bicyclic) bond motifs is 4. The molecule has 4 aromatic rings. The molecule has 136 valence electrons. The third-order valence-corrected chi connectivity index (χ3v) is 7.13. The predicted octanol–water partition coefficient (Wildman–Crippen LogP) is 6.32. The molecule has 4 aromatic carbocycles. The zero-order chi connectivity index (χ0) is 19.1. The van der Waals surface area contributed by atoms with Crippen LogP contribution in [0.15, 0.2) is 72.8 Å². The molecule has 1 heterocycles. The molecule has 0 saturated heterocycles. The van der Waals surface area contributed by atoms with Crippen LogP contribution in [0.4, 0.5) is 5.69 Å². The van der Waals surface area contributed by atoms with Crippen molar-refractivity contribution in [2.24, 2.45) is 5.41 Å². The summed E-state index contributed by atoms with van der Waals surface area (Å²) in [4.78, 5) is 0. The molecule has 3 heteroatoms. The molecule has 1 aliphatic rings. The Morgan fingerprint density at radius 2 is 1.57 bits per heavy atom. The lowest BCUT2D eigenvalue weighted by Crippen LogP contribution is -2.37. The van der Waals surface area contributed by atoms with E-state index in [9.17, 15) is 5.26 Å². The molecule has 28 heavy (non-hydrogen) atoms. The van der Waals surface area contributed by atoms with Crippen LogP contribution < -0.4 is 5.32 Å². The zero-order valence-electron chi connectivity index (χ0n) is 15.4. The molecule has 5 rings (SSSR count). The maximum Gasteiger partial charge on any atom is 0.0827 e. The summed E-state index contributed by atoms with van der Waals surface area (Å²) in [6.45, 7) is 0.674. The highest BCUT2D eigenvalue weighted by Gasteiger charge is 2.36. The Labute approximate surface area is 178 Å². The monoisotopic (exact) mass is 474 g/mol. The summed E-state index contributed by atoms with van der Waals surface area (Å²) in [5.41, 5.74) is 3.25. The van der Waals surface area contributed by atoms with Crippen molar-refractivity contribution in [3.8, 4) is 6.07 Å². The topological polar surface area (TPSA) is 35.8 Å². The maximum absolute atomic E-state index is 10.2. The number of anilines is 1. The van der Waals surface area contributed by atoms with Crippen LogP contribution in [0, 0.1) is 20.3 Å². The summed E-state index contributed by atoms with van der Waals surface area (Å²) in [5.74, 6) is 0. The van der Waals surface area contributed by atoms with Crippen LogP contribution in [0.5, 0.6) is 0 Å². The normalized spacial score (nSPS) is 18.4. The summed E-state index contributed by atoms with van der Waals surface area (Å²) < 4.78 is 1.26. The van der Waals surface area contributed by atoms with Crippen LogP contribution in [0.1, 0.15) is 11.1 Å². The number of hydrogen-bond acceptors (Lipinski definition) is 2. The maximum atomic E-state index is 10.2. The van der Waals surface area contributed by atoms with E-state index in [-0.39, 0.29) is 0 Å². The van der Waals surface area contributed by atoms with Crippen molar-refractivity contribution in [3.63, 3.8) is 0 Å². The number of halogens is 1. The molecule has 1 atom stereocenters. The van der Waals surface area contributed by atoms with Crippen LogP contribution in [0.25, 0.3) is 21.5 Å². The molecule has 1 N–H and O–H groups in total. The molecule has 0 saturated carbocycles.